The number of halogens is 2. The quantitative estimate of drug-likeness (QED) is 0.670. The lowest BCUT2D eigenvalue weighted by molar-refractivity contribution is 0.811. The van der Waals surface area contributed by atoms with E-state index in [4.69, 9.17) is 11.6 Å². The van der Waals surface area contributed by atoms with Crippen LogP contribution < -0.4 is 0 Å². The minimum atomic E-state index is 0.483. The van der Waals surface area contributed by atoms with Crippen LogP contribution in [0.2, 0.25) is 5.15 Å². The first kappa shape index (κ1) is 11.7. The molecule has 0 aliphatic carbocycles. The van der Waals surface area contributed by atoms with E-state index in [0.29, 0.717) is 11.7 Å². The average Bonchev–Trinajstić information content (AvgIpc) is 2.75. The number of nitrogens with zero attached hydrogens (tertiary/aromatic N) is 3. The van der Waals surface area contributed by atoms with E-state index in [-0.39, 0.29) is 0 Å². The Balaban J connectivity index is 2.05. The average molecular weight is 323 g/mol. The molecule has 3 aromatic rings. The van der Waals surface area contributed by atoms with Crippen molar-refractivity contribution in [1.82, 2.24) is 14.5 Å². The summed E-state index contributed by atoms with van der Waals surface area (Å²) >= 11 is 9.46. The summed E-state index contributed by atoms with van der Waals surface area (Å²) in [6.07, 6.45) is 1.79. The fraction of sp³-hybridized carbons (Fsp3) is 0.0769. The molecule has 2 heterocycles. The van der Waals surface area contributed by atoms with Gasteiger partial charge in [0.05, 0.1) is 12.9 Å². The van der Waals surface area contributed by atoms with Gasteiger partial charge in [0.15, 0.2) is 5.65 Å². The van der Waals surface area contributed by atoms with Gasteiger partial charge in [0.25, 0.3) is 0 Å². The Morgan fingerprint density at radius 3 is 2.83 bits per heavy atom. The molecule has 0 fully saturated rings. The summed E-state index contributed by atoms with van der Waals surface area (Å²) in [4.78, 5) is 8.62. The van der Waals surface area contributed by atoms with Crippen LogP contribution in [-0.4, -0.2) is 14.5 Å². The highest BCUT2D eigenvalue weighted by atomic mass is 79.9. The van der Waals surface area contributed by atoms with Crippen molar-refractivity contribution in [1.29, 1.82) is 0 Å². The summed E-state index contributed by atoms with van der Waals surface area (Å²) in [5, 5.41) is 0.483. The van der Waals surface area contributed by atoms with Crippen LogP contribution in [0.1, 0.15) is 5.56 Å². The Kier molecular flexibility index (Phi) is 3.06. The maximum Gasteiger partial charge on any atom is 0.161 e. The highest BCUT2D eigenvalue weighted by Crippen LogP contribution is 2.20. The molecular formula is C13H9BrClN3. The number of rotatable bonds is 2. The Morgan fingerprint density at radius 2 is 2.00 bits per heavy atom. The number of hydrogen-bond donors (Lipinski definition) is 0. The number of benzene rings is 1. The standard InChI is InChI=1S/C13H9BrClN3/c14-10-4-2-1-3-9(10)7-18-8-16-11-5-6-12(15)17-13(11)18/h1-6,8H,7H2. The van der Waals surface area contributed by atoms with Crippen molar-refractivity contribution in [3.05, 3.63) is 57.9 Å². The van der Waals surface area contributed by atoms with E-state index in [1.54, 1.807) is 12.4 Å². The molecule has 18 heavy (non-hydrogen) atoms. The largest absolute Gasteiger partial charge is 0.311 e. The zero-order chi connectivity index (χ0) is 12.5. The lowest BCUT2D eigenvalue weighted by atomic mass is 10.2. The minimum Gasteiger partial charge on any atom is -0.311 e. The molecule has 0 unspecified atom stereocenters. The smallest absolute Gasteiger partial charge is 0.161 e. The summed E-state index contributed by atoms with van der Waals surface area (Å²) in [7, 11) is 0. The summed E-state index contributed by atoms with van der Waals surface area (Å²) in [6.45, 7) is 0.714. The third-order valence-electron chi connectivity index (χ3n) is 2.73. The fourth-order valence-corrected chi connectivity index (χ4v) is 2.40. The number of aromatic nitrogens is 3. The molecule has 0 saturated carbocycles. The molecule has 0 spiro atoms. The zero-order valence-electron chi connectivity index (χ0n) is 9.35. The molecule has 90 valence electrons. The highest BCUT2D eigenvalue weighted by Gasteiger charge is 2.06. The van der Waals surface area contributed by atoms with Crippen LogP contribution in [0.5, 0.6) is 0 Å². The van der Waals surface area contributed by atoms with E-state index in [1.807, 2.05) is 28.8 Å². The number of imidazole rings is 1. The van der Waals surface area contributed by atoms with Crippen LogP contribution in [0.4, 0.5) is 0 Å². The van der Waals surface area contributed by atoms with Crippen LogP contribution in [0.15, 0.2) is 47.2 Å². The van der Waals surface area contributed by atoms with Gasteiger partial charge in [0.2, 0.25) is 0 Å². The van der Waals surface area contributed by atoms with Crippen molar-refractivity contribution in [2.75, 3.05) is 0 Å². The second-order valence-electron chi connectivity index (χ2n) is 3.94. The van der Waals surface area contributed by atoms with Crippen LogP contribution >= 0.6 is 27.5 Å². The molecule has 0 saturated heterocycles. The van der Waals surface area contributed by atoms with Crippen molar-refractivity contribution >= 4 is 38.7 Å². The molecule has 0 atom stereocenters. The molecule has 3 nitrogen and oxygen atoms in total. The lowest BCUT2D eigenvalue weighted by Gasteiger charge is -2.06. The predicted octanol–water partition coefficient (Wildman–Crippen LogP) is 3.90. The molecule has 0 amide bonds. The fourth-order valence-electron chi connectivity index (χ4n) is 1.84. The monoisotopic (exact) mass is 321 g/mol. The Labute approximate surface area is 118 Å². The molecule has 0 radical (unpaired) electrons. The Morgan fingerprint density at radius 1 is 1.17 bits per heavy atom. The first-order chi connectivity index (χ1) is 8.74. The molecule has 0 bridgehead atoms. The van der Waals surface area contributed by atoms with E-state index in [2.05, 4.69) is 32.0 Å². The van der Waals surface area contributed by atoms with Gasteiger partial charge in [0, 0.05) is 4.47 Å². The molecule has 5 heteroatoms. The molecule has 0 aliphatic rings. The lowest BCUT2D eigenvalue weighted by Crippen LogP contribution is -1.99. The van der Waals surface area contributed by atoms with Crippen molar-refractivity contribution < 1.29 is 0 Å². The molecular weight excluding hydrogens is 314 g/mol. The third-order valence-corrected chi connectivity index (χ3v) is 3.71. The maximum absolute atomic E-state index is 5.92. The van der Waals surface area contributed by atoms with Gasteiger partial charge in [-0.3, -0.25) is 0 Å². The topological polar surface area (TPSA) is 30.7 Å². The Hall–Kier alpha value is -1.39. The van der Waals surface area contributed by atoms with E-state index in [9.17, 15) is 0 Å². The second-order valence-corrected chi connectivity index (χ2v) is 5.18. The second kappa shape index (κ2) is 4.71. The number of fused-ring (bicyclic) bond motifs is 1. The molecule has 3 rings (SSSR count). The van der Waals surface area contributed by atoms with Gasteiger partial charge >= 0.3 is 0 Å². The van der Waals surface area contributed by atoms with Crippen molar-refractivity contribution in [3.63, 3.8) is 0 Å². The van der Waals surface area contributed by atoms with Gasteiger partial charge < -0.3 is 4.57 Å². The first-order valence-electron chi connectivity index (χ1n) is 5.45. The maximum atomic E-state index is 5.92. The zero-order valence-corrected chi connectivity index (χ0v) is 11.7. The van der Waals surface area contributed by atoms with Gasteiger partial charge in [-0.2, -0.15) is 0 Å². The molecule has 2 aromatic heterocycles. The van der Waals surface area contributed by atoms with Crippen molar-refractivity contribution in [2.45, 2.75) is 6.54 Å². The van der Waals surface area contributed by atoms with Gasteiger partial charge in [-0.05, 0) is 23.8 Å². The third kappa shape index (κ3) is 2.13. The first-order valence-corrected chi connectivity index (χ1v) is 6.62. The van der Waals surface area contributed by atoms with E-state index >= 15 is 0 Å². The van der Waals surface area contributed by atoms with Crippen LogP contribution in [0, 0.1) is 0 Å². The van der Waals surface area contributed by atoms with Crippen molar-refractivity contribution in [2.24, 2.45) is 0 Å². The van der Waals surface area contributed by atoms with Crippen LogP contribution in [-0.2, 0) is 6.54 Å². The predicted molar refractivity (Wildman–Crippen MR) is 75.8 cm³/mol. The van der Waals surface area contributed by atoms with E-state index in [0.717, 1.165) is 15.6 Å². The number of pyridine rings is 1. The number of hydrogen-bond acceptors (Lipinski definition) is 2. The summed E-state index contributed by atoms with van der Waals surface area (Å²) in [5.74, 6) is 0. The summed E-state index contributed by atoms with van der Waals surface area (Å²) in [5.41, 5.74) is 2.84. The van der Waals surface area contributed by atoms with E-state index < -0.39 is 0 Å². The molecule has 1 aromatic carbocycles. The molecule has 0 aliphatic heterocycles. The minimum absolute atomic E-state index is 0.483. The van der Waals surface area contributed by atoms with Crippen molar-refractivity contribution in [3.8, 4) is 0 Å². The van der Waals surface area contributed by atoms with Gasteiger partial charge in [-0.1, -0.05) is 45.7 Å². The summed E-state index contributed by atoms with van der Waals surface area (Å²) in [6, 6.07) is 11.7. The SMILES string of the molecule is Clc1ccc2ncn(Cc3ccccc3Br)c2n1. The normalized spacial score (nSPS) is 11.0. The van der Waals surface area contributed by atoms with E-state index in [1.165, 1.54) is 5.56 Å². The van der Waals surface area contributed by atoms with Crippen LogP contribution in [0.25, 0.3) is 11.2 Å². The molecule has 0 N–H and O–H groups in total. The van der Waals surface area contributed by atoms with Gasteiger partial charge in [-0.15, -0.1) is 0 Å². The van der Waals surface area contributed by atoms with Crippen LogP contribution in [0.3, 0.4) is 0 Å². The summed E-state index contributed by atoms with van der Waals surface area (Å²) < 4.78 is 3.07. The Bertz CT molecular complexity index is 708. The van der Waals surface area contributed by atoms with Gasteiger partial charge in [0.1, 0.15) is 10.7 Å². The van der Waals surface area contributed by atoms with Gasteiger partial charge in [-0.25, -0.2) is 9.97 Å². The highest BCUT2D eigenvalue weighted by molar-refractivity contribution is 9.10.